The maximum Gasteiger partial charge on any atom is 0.185 e. The van der Waals surface area contributed by atoms with Crippen LogP contribution in [0, 0.1) is 0 Å². The lowest BCUT2D eigenvalue weighted by Crippen LogP contribution is -2.01. The minimum Gasteiger partial charge on any atom is -0.496 e. The van der Waals surface area contributed by atoms with Crippen LogP contribution in [0.3, 0.4) is 0 Å². The molecule has 0 atom stereocenters. The lowest BCUT2D eigenvalue weighted by molar-refractivity contribution is 0.104. The minimum atomic E-state index is -0.0282. The van der Waals surface area contributed by atoms with Crippen LogP contribution in [0.15, 0.2) is 72.8 Å². The fourth-order valence-corrected chi connectivity index (χ4v) is 3.32. The van der Waals surface area contributed by atoms with E-state index in [1.807, 2.05) is 79.7 Å². The summed E-state index contributed by atoms with van der Waals surface area (Å²) in [6.07, 6.45) is 3.41. The van der Waals surface area contributed by atoms with E-state index in [1.165, 1.54) is 5.56 Å². The van der Waals surface area contributed by atoms with Gasteiger partial charge >= 0.3 is 0 Å². The van der Waals surface area contributed by atoms with E-state index in [2.05, 4.69) is 13.8 Å². The number of para-hydroxylation sites is 2. The Morgan fingerprint density at radius 1 is 0.906 bits per heavy atom. The van der Waals surface area contributed by atoms with Gasteiger partial charge in [0.15, 0.2) is 17.3 Å². The highest BCUT2D eigenvalue weighted by atomic mass is 16.5. The summed E-state index contributed by atoms with van der Waals surface area (Å²) in [7, 11) is 1.63. The molecule has 0 heterocycles. The minimum absolute atomic E-state index is 0.0282. The third kappa shape index (κ3) is 6.01. The van der Waals surface area contributed by atoms with Crippen molar-refractivity contribution < 1.29 is 19.0 Å². The first-order valence-corrected chi connectivity index (χ1v) is 10.9. The Morgan fingerprint density at radius 2 is 1.59 bits per heavy atom. The molecule has 3 rings (SSSR count). The molecular weight excluding hydrogens is 400 g/mol. The van der Waals surface area contributed by atoms with E-state index in [0.717, 1.165) is 16.9 Å². The van der Waals surface area contributed by atoms with Gasteiger partial charge < -0.3 is 14.2 Å². The molecule has 0 saturated carbocycles. The third-order valence-electron chi connectivity index (χ3n) is 5.13. The average Bonchev–Trinajstić information content (AvgIpc) is 2.82. The molecule has 0 fully saturated rings. The summed E-state index contributed by atoms with van der Waals surface area (Å²) in [4.78, 5) is 12.6. The van der Waals surface area contributed by atoms with Gasteiger partial charge in [0.05, 0.1) is 13.7 Å². The van der Waals surface area contributed by atoms with Gasteiger partial charge in [-0.3, -0.25) is 4.79 Å². The second-order valence-corrected chi connectivity index (χ2v) is 7.71. The molecule has 32 heavy (non-hydrogen) atoms. The molecule has 0 aliphatic rings. The molecule has 0 bridgehead atoms. The predicted molar refractivity (Wildman–Crippen MR) is 129 cm³/mol. The van der Waals surface area contributed by atoms with Crippen LogP contribution in [0.5, 0.6) is 17.2 Å². The third-order valence-corrected chi connectivity index (χ3v) is 5.13. The summed E-state index contributed by atoms with van der Waals surface area (Å²) in [5.74, 6) is 2.53. The highest BCUT2D eigenvalue weighted by molar-refractivity contribution is 6.06. The van der Waals surface area contributed by atoms with Crippen molar-refractivity contribution >= 4 is 11.9 Å². The van der Waals surface area contributed by atoms with Crippen LogP contribution in [-0.4, -0.2) is 19.5 Å². The number of benzene rings is 3. The smallest absolute Gasteiger partial charge is 0.185 e. The molecule has 166 valence electrons. The van der Waals surface area contributed by atoms with Gasteiger partial charge in [-0.15, -0.1) is 0 Å². The van der Waals surface area contributed by atoms with Gasteiger partial charge in [0.2, 0.25) is 0 Å². The van der Waals surface area contributed by atoms with E-state index < -0.39 is 0 Å². The van der Waals surface area contributed by atoms with E-state index in [9.17, 15) is 4.79 Å². The molecule has 0 saturated heterocycles. The average molecular weight is 431 g/mol. The van der Waals surface area contributed by atoms with Crippen molar-refractivity contribution in [2.75, 3.05) is 13.7 Å². The Bertz CT molecular complexity index is 1070. The van der Waals surface area contributed by atoms with Crippen molar-refractivity contribution in [3.05, 3.63) is 95.1 Å². The molecule has 4 heteroatoms. The fraction of sp³-hybridized carbons (Fsp3) is 0.250. The lowest BCUT2D eigenvalue weighted by atomic mass is 10.00. The topological polar surface area (TPSA) is 44.8 Å². The van der Waals surface area contributed by atoms with E-state index in [1.54, 1.807) is 13.2 Å². The first-order chi connectivity index (χ1) is 15.5. The number of ketones is 1. The molecule has 4 nitrogen and oxygen atoms in total. The van der Waals surface area contributed by atoms with E-state index in [4.69, 9.17) is 14.2 Å². The fourth-order valence-electron chi connectivity index (χ4n) is 3.32. The van der Waals surface area contributed by atoms with Gasteiger partial charge in [-0.2, -0.15) is 0 Å². The second kappa shape index (κ2) is 11.2. The summed E-state index contributed by atoms with van der Waals surface area (Å²) in [6.45, 7) is 7.10. The number of hydrogen-bond donors (Lipinski definition) is 0. The van der Waals surface area contributed by atoms with Crippen molar-refractivity contribution in [3.63, 3.8) is 0 Å². The van der Waals surface area contributed by atoms with Crippen molar-refractivity contribution in [1.82, 2.24) is 0 Å². The van der Waals surface area contributed by atoms with Crippen LogP contribution in [-0.2, 0) is 6.61 Å². The standard InChI is InChI=1S/C28H30O4/c1-5-31-27-8-6-7-9-28(27)32-19-24-18-21(11-17-26(24)30-4)10-16-25(29)23-14-12-22(13-15-23)20(2)3/h6-18,20H,5,19H2,1-4H3/b16-10+. The van der Waals surface area contributed by atoms with Gasteiger partial charge in [-0.05, 0) is 54.3 Å². The van der Waals surface area contributed by atoms with Crippen molar-refractivity contribution in [2.45, 2.75) is 33.3 Å². The molecule has 0 unspecified atom stereocenters. The Morgan fingerprint density at radius 3 is 2.22 bits per heavy atom. The first-order valence-electron chi connectivity index (χ1n) is 10.9. The van der Waals surface area contributed by atoms with Crippen LogP contribution in [0.25, 0.3) is 6.08 Å². The zero-order valence-corrected chi connectivity index (χ0v) is 19.1. The van der Waals surface area contributed by atoms with Crippen LogP contribution in [0.2, 0.25) is 0 Å². The SMILES string of the molecule is CCOc1ccccc1OCc1cc(/C=C/C(=O)c2ccc(C(C)C)cc2)ccc1OC. The summed E-state index contributed by atoms with van der Waals surface area (Å²) >= 11 is 0. The van der Waals surface area contributed by atoms with Gasteiger partial charge in [0.25, 0.3) is 0 Å². The monoisotopic (exact) mass is 430 g/mol. The van der Waals surface area contributed by atoms with Crippen LogP contribution in [0.1, 0.15) is 53.7 Å². The van der Waals surface area contributed by atoms with Crippen LogP contribution in [0.4, 0.5) is 0 Å². The number of methoxy groups -OCH3 is 1. The highest BCUT2D eigenvalue weighted by Gasteiger charge is 2.09. The van der Waals surface area contributed by atoms with Gasteiger partial charge in [-0.1, -0.05) is 62.4 Å². The largest absolute Gasteiger partial charge is 0.496 e. The molecule has 0 aliphatic heterocycles. The summed E-state index contributed by atoms with van der Waals surface area (Å²) < 4.78 is 17.1. The number of ether oxygens (including phenoxy) is 3. The molecule has 0 spiro atoms. The zero-order chi connectivity index (χ0) is 22.9. The predicted octanol–water partition coefficient (Wildman–Crippen LogP) is 6.69. The van der Waals surface area contributed by atoms with Gasteiger partial charge in [0, 0.05) is 11.1 Å². The molecule has 3 aromatic carbocycles. The molecule has 0 aliphatic carbocycles. The summed E-state index contributed by atoms with van der Waals surface area (Å²) in [5.41, 5.74) is 3.68. The molecule has 0 radical (unpaired) electrons. The number of carbonyl (C=O) groups excluding carboxylic acids is 1. The van der Waals surface area contributed by atoms with Crippen LogP contribution < -0.4 is 14.2 Å². The second-order valence-electron chi connectivity index (χ2n) is 7.71. The number of rotatable bonds is 10. The van der Waals surface area contributed by atoms with E-state index >= 15 is 0 Å². The summed E-state index contributed by atoms with van der Waals surface area (Å²) in [6, 6.07) is 21.1. The first kappa shape index (κ1) is 23.1. The number of carbonyl (C=O) groups is 1. The quantitative estimate of drug-likeness (QED) is 0.265. The highest BCUT2D eigenvalue weighted by Crippen LogP contribution is 2.29. The van der Waals surface area contributed by atoms with Crippen LogP contribution >= 0.6 is 0 Å². The number of allylic oxidation sites excluding steroid dienone is 1. The Labute approximate surface area is 190 Å². The summed E-state index contributed by atoms with van der Waals surface area (Å²) in [5, 5.41) is 0. The zero-order valence-electron chi connectivity index (χ0n) is 19.1. The van der Waals surface area contributed by atoms with Crippen molar-refractivity contribution in [2.24, 2.45) is 0 Å². The Balaban J connectivity index is 1.73. The lowest BCUT2D eigenvalue weighted by Gasteiger charge is -2.14. The van der Waals surface area contributed by atoms with Crippen molar-refractivity contribution in [1.29, 1.82) is 0 Å². The van der Waals surface area contributed by atoms with E-state index in [0.29, 0.717) is 36.2 Å². The molecule has 0 N–H and O–H groups in total. The molecule has 0 aromatic heterocycles. The maximum absolute atomic E-state index is 12.6. The van der Waals surface area contributed by atoms with Crippen molar-refractivity contribution in [3.8, 4) is 17.2 Å². The van der Waals surface area contributed by atoms with Gasteiger partial charge in [0.1, 0.15) is 12.4 Å². The van der Waals surface area contributed by atoms with E-state index in [-0.39, 0.29) is 5.78 Å². The Hall–Kier alpha value is -3.53. The molecule has 3 aromatic rings. The molecule has 0 amide bonds. The van der Waals surface area contributed by atoms with Gasteiger partial charge in [-0.25, -0.2) is 0 Å². The molecular formula is C28H30O4. The normalized spacial score (nSPS) is 11.0. The maximum atomic E-state index is 12.6. The number of hydrogen-bond acceptors (Lipinski definition) is 4. The Kier molecular flexibility index (Phi) is 8.09.